The second kappa shape index (κ2) is 7.47. The van der Waals surface area contributed by atoms with Gasteiger partial charge in [0.05, 0.1) is 14.2 Å². The molecule has 4 rings (SSSR count). The Morgan fingerprint density at radius 1 is 1.12 bits per heavy atom. The Hall–Kier alpha value is -1.75. The third-order valence-electron chi connectivity index (χ3n) is 6.55. The van der Waals surface area contributed by atoms with Crippen molar-refractivity contribution in [2.45, 2.75) is 69.6 Å². The fourth-order valence-corrected chi connectivity index (χ4v) is 4.82. The van der Waals surface area contributed by atoms with Gasteiger partial charge < -0.3 is 14.8 Å². The number of methoxy groups -OCH3 is 2. The molecule has 2 aliphatic heterocycles. The number of rotatable bonds is 6. The van der Waals surface area contributed by atoms with E-state index in [4.69, 9.17) is 9.47 Å². The SMILES string of the molecule is COc1ccc(CN2C3CCC2CC(NC(=O)C2CCC2)C3)c(OC)c1. The molecule has 0 aromatic heterocycles. The van der Waals surface area contributed by atoms with Crippen LogP contribution >= 0.6 is 0 Å². The van der Waals surface area contributed by atoms with Gasteiger partial charge in [-0.15, -0.1) is 0 Å². The highest BCUT2D eigenvalue weighted by molar-refractivity contribution is 5.79. The van der Waals surface area contributed by atoms with Crippen molar-refractivity contribution < 1.29 is 14.3 Å². The highest BCUT2D eigenvalue weighted by Crippen LogP contribution is 2.39. The molecule has 0 spiro atoms. The highest BCUT2D eigenvalue weighted by Gasteiger charge is 2.41. The monoisotopic (exact) mass is 358 g/mol. The lowest BCUT2D eigenvalue weighted by Gasteiger charge is -2.40. The smallest absolute Gasteiger partial charge is 0.223 e. The molecule has 142 valence electrons. The number of piperidine rings is 1. The molecular weight excluding hydrogens is 328 g/mol. The fourth-order valence-electron chi connectivity index (χ4n) is 4.82. The van der Waals surface area contributed by atoms with E-state index in [9.17, 15) is 4.79 Å². The number of nitrogens with zero attached hydrogens (tertiary/aromatic N) is 1. The van der Waals surface area contributed by atoms with E-state index in [0.29, 0.717) is 24.0 Å². The second-order valence-electron chi connectivity index (χ2n) is 8.04. The lowest BCUT2D eigenvalue weighted by Crippen LogP contribution is -2.51. The van der Waals surface area contributed by atoms with Crippen molar-refractivity contribution in [2.75, 3.05) is 14.2 Å². The van der Waals surface area contributed by atoms with Gasteiger partial charge in [-0.05, 0) is 44.6 Å². The summed E-state index contributed by atoms with van der Waals surface area (Å²) in [6, 6.07) is 7.56. The van der Waals surface area contributed by atoms with Crippen LogP contribution in [0.25, 0.3) is 0 Å². The largest absolute Gasteiger partial charge is 0.497 e. The van der Waals surface area contributed by atoms with E-state index in [1.807, 2.05) is 12.1 Å². The maximum atomic E-state index is 12.3. The second-order valence-corrected chi connectivity index (χ2v) is 8.04. The van der Waals surface area contributed by atoms with Crippen LogP contribution in [0, 0.1) is 5.92 Å². The maximum absolute atomic E-state index is 12.3. The van der Waals surface area contributed by atoms with E-state index in [-0.39, 0.29) is 5.92 Å². The highest BCUT2D eigenvalue weighted by atomic mass is 16.5. The summed E-state index contributed by atoms with van der Waals surface area (Å²) in [5.74, 6) is 2.30. The van der Waals surface area contributed by atoms with Gasteiger partial charge in [0.1, 0.15) is 11.5 Å². The Balaban J connectivity index is 1.40. The molecule has 2 bridgehead atoms. The predicted molar refractivity (Wildman–Crippen MR) is 100 cm³/mol. The Labute approximate surface area is 156 Å². The normalized spacial score (nSPS) is 28.5. The first-order valence-electron chi connectivity index (χ1n) is 9.95. The van der Waals surface area contributed by atoms with Crippen LogP contribution in [0.2, 0.25) is 0 Å². The van der Waals surface area contributed by atoms with Gasteiger partial charge in [0.2, 0.25) is 5.91 Å². The number of benzene rings is 1. The molecule has 1 aliphatic carbocycles. The van der Waals surface area contributed by atoms with E-state index < -0.39 is 0 Å². The summed E-state index contributed by atoms with van der Waals surface area (Å²) in [6.45, 7) is 0.909. The topological polar surface area (TPSA) is 50.8 Å². The predicted octanol–water partition coefficient (Wildman–Crippen LogP) is 3.12. The molecule has 3 aliphatic rings. The first-order valence-corrected chi connectivity index (χ1v) is 9.95. The van der Waals surface area contributed by atoms with Gasteiger partial charge in [0.15, 0.2) is 0 Å². The van der Waals surface area contributed by atoms with Gasteiger partial charge in [-0.1, -0.05) is 12.5 Å². The number of fused-ring (bicyclic) bond motifs is 2. The average molecular weight is 358 g/mol. The number of carbonyl (C=O) groups excluding carboxylic acids is 1. The summed E-state index contributed by atoms with van der Waals surface area (Å²) in [4.78, 5) is 14.9. The summed E-state index contributed by atoms with van der Waals surface area (Å²) in [6.07, 6.45) is 7.99. The minimum Gasteiger partial charge on any atom is -0.497 e. The quantitative estimate of drug-likeness (QED) is 0.849. The summed E-state index contributed by atoms with van der Waals surface area (Å²) in [5, 5.41) is 3.34. The first kappa shape index (κ1) is 17.7. The Morgan fingerprint density at radius 2 is 1.85 bits per heavy atom. The van der Waals surface area contributed by atoms with Crippen LogP contribution in [0.4, 0.5) is 0 Å². The van der Waals surface area contributed by atoms with Crippen LogP contribution in [-0.2, 0) is 11.3 Å². The third-order valence-corrected chi connectivity index (χ3v) is 6.55. The van der Waals surface area contributed by atoms with Gasteiger partial charge in [-0.25, -0.2) is 0 Å². The van der Waals surface area contributed by atoms with E-state index in [0.717, 1.165) is 43.7 Å². The summed E-state index contributed by atoms with van der Waals surface area (Å²) in [7, 11) is 3.40. The van der Waals surface area contributed by atoms with Gasteiger partial charge in [0.25, 0.3) is 0 Å². The standard InChI is InChI=1S/C21H30N2O3/c1-25-19-9-6-15(20(12-19)26-2)13-23-17-7-8-18(23)11-16(10-17)22-21(24)14-4-3-5-14/h6,9,12,14,16-18H,3-5,7-8,10-11,13H2,1-2H3,(H,22,24). The fraction of sp³-hybridized carbons (Fsp3) is 0.667. The molecule has 5 nitrogen and oxygen atoms in total. The van der Waals surface area contributed by atoms with Crippen LogP contribution < -0.4 is 14.8 Å². The lowest BCUT2D eigenvalue weighted by atomic mass is 9.84. The zero-order chi connectivity index (χ0) is 18.1. The summed E-state index contributed by atoms with van der Waals surface area (Å²) < 4.78 is 10.9. The van der Waals surface area contributed by atoms with E-state index in [1.165, 1.54) is 24.8 Å². The molecule has 3 fully saturated rings. The minimum atomic E-state index is 0.286. The van der Waals surface area contributed by atoms with Crippen molar-refractivity contribution in [3.8, 4) is 11.5 Å². The van der Waals surface area contributed by atoms with E-state index in [2.05, 4.69) is 16.3 Å². The molecule has 1 N–H and O–H groups in total. The maximum Gasteiger partial charge on any atom is 0.223 e. The average Bonchev–Trinajstić information content (AvgIpc) is 2.83. The van der Waals surface area contributed by atoms with Crippen LogP contribution in [-0.4, -0.2) is 43.2 Å². The van der Waals surface area contributed by atoms with Gasteiger partial charge in [-0.3, -0.25) is 9.69 Å². The lowest BCUT2D eigenvalue weighted by molar-refractivity contribution is -0.128. The number of amides is 1. The van der Waals surface area contributed by atoms with Crippen molar-refractivity contribution in [2.24, 2.45) is 5.92 Å². The van der Waals surface area contributed by atoms with Gasteiger partial charge in [-0.2, -0.15) is 0 Å². The molecule has 2 unspecified atom stereocenters. The molecule has 2 saturated heterocycles. The zero-order valence-corrected chi connectivity index (χ0v) is 15.9. The Morgan fingerprint density at radius 3 is 2.42 bits per heavy atom. The van der Waals surface area contributed by atoms with Crippen LogP contribution in [0.5, 0.6) is 11.5 Å². The van der Waals surface area contributed by atoms with E-state index in [1.54, 1.807) is 14.2 Å². The number of ether oxygens (including phenoxy) is 2. The molecule has 2 atom stereocenters. The molecular formula is C21H30N2O3. The molecule has 1 aromatic carbocycles. The molecule has 1 amide bonds. The van der Waals surface area contributed by atoms with Crippen LogP contribution in [0.3, 0.4) is 0 Å². The van der Waals surface area contributed by atoms with Crippen molar-refractivity contribution in [1.29, 1.82) is 0 Å². The van der Waals surface area contributed by atoms with Crippen molar-refractivity contribution in [3.05, 3.63) is 23.8 Å². The molecule has 2 heterocycles. The van der Waals surface area contributed by atoms with E-state index >= 15 is 0 Å². The Bertz CT molecular complexity index is 645. The van der Waals surface area contributed by atoms with Crippen molar-refractivity contribution >= 4 is 5.91 Å². The summed E-state index contributed by atoms with van der Waals surface area (Å²) >= 11 is 0. The van der Waals surface area contributed by atoms with Gasteiger partial charge in [0, 0.05) is 42.2 Å². The number of hydrogen-bond donors (Lipinski definition) is 1. The van der Waals surface area contributed by atoms with Crippen LogP contribution in [0.1, 0.15) is 50.5 Å². The first-order chi connectivity index (χ1) is 12.7. The molecule has 1 aromatic rings. The molecule has 1 saturated carbocycles. The Kier molecular flexibility index (Phi) is 5.07. The third kappa shape index (κ3) is 3.41. The molecule has 0 radical (unpaired) electrons. The molecule has 26 heavy (non-hydrogen) atoms. The molecule has 5 heteroatoms. The van der Waals surface area contributed by atoms with Crippen molar-refractivity contribution in [1.82, 2.24) is 10.2 Å². The minimum absolute atomic E-state index is 0.286. The summed E-state index contributed by atoms with van der Waals surface area (Å²) in [5.41, 5.74) is 1.21. The van der Waals surface area contributed by atoms with Crippen molar-refractivity contribution in [3.63, 3.8) is 0 Å². The number of hydrogen-bond acceptors (Lipinski definition) is 4. The van der Waals surface area contributed by atoms with Crippen LogP contribution in [0.15, 0.2) is 18.2 Å². The number of carbonyl (C=O) groups is 1. The number of nitrogens with one attached hydrogen (secondary N) is 1. The zero-order valence-electron chi connectivity index (χ0n) is 15.9. The van der Waals surface area contributed by atoms with Gasteiger partial charge >= 0.3 is 0 Å².